The van der Waals surface area contributed by atoms with Crippen molar-refractivity contribution in [3.05, 3.63) is 66.7 Å². The normalized spacial score (nSPS) is 9.71. The van der Waals surface area contributed by atoms with Crippen molar-refractivity contribution in [3.63, 3.8) is 0 Å². The molecule has 0 unspecified atom stereocenters. The van der Waals surface area contributed by atoms with Crippen LogP contribution in [0.25, 0.3) is 5.76 Å². The Morgan fingerprint density at radius 1 is 0.882 bits per heavy atom. The van der Waals surface area contributed by atoms with Crippen molar-refractivity contribution in [2.45, 2.75) is 0 Å². The van der Waals surface area contributed by atoms with Crippen molar-refractivity contribution in [2.24, 2.45) is 0 Å². The molecule has 2 nitrogen and oxygen atoms in total. The molecule has 0 aliphatic rings. The maximum Gasteiger partial charge on any atom is 0.127 e. The molecule has 0 aliphatic carbocycles. The fourth-order valence-corrected chi connectivity index (χ4v) is 1.45. The Bertz CT molecular complexity index is 486. The zero-order chi connectivity index (χ0) is 12.1. The Kier molecular flexibility index (Phi) is 3.46. The summed E-state index contributed by atoms with van der Waals surface area (Å²) in [5, 5.41) is 0. The third-order valence-corrected chi connectivity index (χ3v) is 2.40. The predicted octanol–water partition coefficient (Wildman–Crippen LogP) is 4.10. The van der Waals surface area contributed by atoms with Crippen LogP contribution in [-0.2, 0) is 4.74 Å². The van der Waals surface area contributed by atoms with Crippen molar-refractivity contribution >= 4 is 5.76 Å². The van der Waals surface area contributed by atoms with Crippen molar-refractivity contribution in [1.82, 2.24) is 0 Å². The lowest BCUT2D eigenvalue weighted by Gasteiger charge is -2.07. The molecule has 2 aromatic rings. The number of methoxy groups -OCH3 is 1. The van der Waals surface area contributed by atoms with E-state index in [4.69, 9.17) is 9.47 Å². The summed E-state index contributed by atoms with van der Waals surface area (Å²) in [4.78, 5) is 0. The second-order valence-electron chi connectivity index (χ2n) is 3.57. The fraction of sp³-hybridized carbons (Fsp3) is 0.0667. The fourth-order valence-electron chi connectivity index (χ4n) is 1.45. The molecule has 0 saturated carbocycles. The van der Waals surface area contributed by atoms with Crippen LogP contribution >= 0.6 is 0 Å². The molecule has 2 aromatic carbocycles. The minimum Gasteiger partial charge on any atom is -0.497 e. The van der Waals surface area contributed by atoms with E-state index < -0.39 is 0 Å². The molecule has 0 saturated heterocycles. The summed E-state index contributed by atoms with van der Waals surface area (Å²) in [6, 6.07) is 17.3. The zero-order valence-corrected chi connectivity index (χ0v) is 9.72. The molecule has 0 bridgehead atoms. The van der Waals surface area contributed by atoms with Gasteiger partial charge in [0.1, 0.15) is 17.3 Å². The highest BCUT2D eigenvalue weighted by Gasteiger charge is 2.00. The zero-order valence-electron chi connectivity index (χ0n) is 9.72. The molecule has 86 valence electrons. The van der Waals surface area contributed by atoms with Gasteiger partial charge in [-0.25, -0.2) is 0 Å². The minimum atomic E-state index is 0.649. The smallest absolute Gasteiger partial charge is 0.127 e. The molecule has 17 heavy (non-hydrogen) atoms. The van der Waals surface area contributed by atoms with Gasteiger partial charge in [0.25, 0.3) is 0 Å². The van der Waals surface area contributed by atoms with Gasteiger partial charge >= 0.3 is 0 Å². The van der Waals surface area contributed by atoms with Gasteiger partial charge in [0.15, 0.2) is 0 Å². The average molecular weight is 226 g/mol. The Morgan fingerprint density at radius 2 is 1.47 bits per heavy atom. The Labute approximate surface area is 101 Å². The van der Waals surface area contributed by atoms with E-state index in [1.807, 2.05) is 54.6 Å². The summed E-state index contributed by atoms with van der Waals surface area (Å²) in [7, 11) is 1.61. The molecule has 0 N–H and O–H groups in total. The van der Waals surface area contributed by atoms with E-state index in [-0.39, 0.29) is 0 Å². The molecule has 0 fully saturated rings. The van der Waals surface area contributed by atoms with Crippen LogP contribution in [0.1, 0.15) is 5.56 Å². The number of ether oxygens (including phenoxy) is 2. The van der Waals surface area contributed by atoms with E-state index in [9.17, 15) is 0 Å². The molecule has 2 heteroatoms. The van der Waals surface area contributed by atoms with Crippen molar-refractivity contribution in [3.8, 4) is 11.5 Å². The van der Waals surface area contributed by atoms with Crippen LogP contribution < -0.4 is 4.74 Å². The van der Waals surface area contributed by atoms with E-state index in [0.29, 0.717) is 5.76 Å². The van der Waals surface area contributed by atoms with E-state index in [2.05, 4.69) is 6.58 Å². The van der Waals surface area contributed by atoms with Gasteiger partial charge in [-0.3, -0.25) is 0 Å². The highest BCUT2D eigenvalue weighted by molar-refractivity contribution is 5.58. The number of hydrogen-bond acceptors (Lipinski definition) is 2. The molecule has 0 heterocycles. The molecule has 0 radical (unpaired) electrons. The average Bonchev–Trinajstić information content (AvgIpc) is 2.40. The Hall–Kier alpha value is -2.22. The second kappa shape index (κ2) is 5.21. The molecule has 0 spiro atoms. The van der Waals surface area contributed by atoms with Gasteiger partial charge in [0.2, 0.25) is 0 Å². The maximum absolute atomic E-state index is 5.68. The monoisotopic (exact) mass is 226 g/mol. The molecule has 0 aromatic heterocycles. The molecule has 0 amide bonds. The first-order valence-electron chi connectivity index (χ1n) is 5.36. The second-order valence-corrected chi connectivity index (χ2v) is 3.57. The van der Waals surface area contributed by atoms with Gasteiger partial charge in [0.05, 0.1) is 7.11 Å². The topological polar surface area (TPSA) is 18.5 Å². The highest BCUT2D eigenvalue weighted by atomic mass is 16.5. The summed E-state index contributed by atoms with van der Waals surface area (Å²) in [6.45, 7) is 3.79. The molecule has 0 aliphatic heterocycles. The predicted molar refractivity (Wildman–Crippen MR) is 69.0 cm³/mol. The first kappa shape index (κ1) is 11.3. The van der Waals surface area contributed by atoms with Crippen LogP contribution in [0.3, 0.4) is 0 Å². The molecular weight excluding hydrogens is 212 g/mol. The molecular formula is C15H14O2. The third kappa shape index (κ3) is 2.88. The van der Waals surface area contributed by atoms with Crippen molar-refractivity contribution < 1.29 is 9.47 Å². The van der Waals surface area contributed by atoms with E-state index in [1.54, 1.807) is 7.11 Å². The Morgan fingerprint density at radius 3 is 2.06 bits per heavy atom. The summed E-state index contributed by atoms with van der Waals surface area (Å²) >= 11 is 0. The van der Waals surface area contributed by atoms with Crippen LogP contribution in [0.2, 0.25) is 0 Å². The maximum atomic E-state index is 5.68. The van der Waals surface area contributed by atoms with Gasteiger partial charge in [-0.15, -0.1) is 0 Å². The number of benzene rings is 2. The van der Waals surface area contributed by atoms with Crippen LogP contribution in [0.5, 0.6) is 11.5 Å². The van der Waals surface area contributed by atoms with Gasteiger partial charge in [-0.1, -0.05) is 24.8 Å². The lowest BCUT2D eigenvalue weighted by molar-refractivity contribution is 0.371. The van der Waals surface area contributed by atoms with Crippen LogP contribution in [0, 0.1) is 0 Å². The lowest BCUT2D eigenvalue weighted by atomic mass is 10.2. The quantitative estimate of drug-likeness (QED) is 0.731. The Balaban J connectivity index is 2.11. The summed E-state index contributed by atoms with van der Waals surface area (Å²) in [5.74, 6) is 2.27. The van der Waals surface area contributed by atoms with Gasteiger partial charge in [-0.05, 0) is 36.4 Å². The largest absolute Gasteiger partial charge is 0.497 e. The van der Waals surface area contributed by atoms with Crippen LogP contribution in [0.4, 0.5) is 0 Å². The highest BCUT2D eigenvalue weighted by Crippen LogP contribution is 2.23. The van der Waals surface area contributed by atoms with E-state index in [1.165, 1.54) is 0 Å². The SMILES string of the molecule is C=C(OC)c1ccc(Oc2ccccc2)cc1. The first-order chi connectivity index (χ1) is 8.29. The van der Waals surface area contributed by atoms with Crippen molar-refractivity contribution in [1.29, 1.82) is 0 Å². The first-order valence-corrected chi connectivity index (χ1v) is 5.36. The number of rotatable bonds is 4. The number of hydrogen-bond donors (Lipinski definition) is 0. The van der Waals surface area contributed by atoms with E-state index in [0.717, 1.165) is 17.1 Å². The molecule has 2 rings (SSSR count). The van der Waals surface area contributed by atoms with Crippen LogP contribution in [-0.4, -0.2) is 7.11 Å². The van der Waals surface area contributed by atoms with Gasteiger partial charge in [-0.2, -0.15) is 0 Å². The van der Waals surface area contributed by atoms with Crippen molar-refractivity contribution in [2.75, 3.05) is 7.11 Å². The van der Waals surface area contributed by atoms with E-state index >= 15 is 0 Å². The summed E-state index contributed by atoms with van der Waals surface area (Å²) in [6.07, 6.45) is 0. The third-order valence-electron chi connectivity index (χ3n) is 2.40. The van der Waals surface area contributed by atoms with Gasteiger partial charge in [0, 0.05) is 5.56 Å². The van der Waals surface area contributed by atoms with Crippen LogP contribution in [0.15, 0.2) is 61.2 Å². The minimum absolute atomic E-state index is 0.649. The van der Waals surface area contributed by atoms with Gasteiger partial charge < -0.3 is 9.47 Å². The molecule has 0 atom stereocenters. The standard InChI is InChI=1S/C15H14O2/c1-12(16-2)13-8-10-15(11-9-13)17-14-6-4-3-5-7-14/h3-11H,1H2,2H3. The number of para-hydroxylation sites is 1. The summed E-state index contributed by atoms with van der Waals surface area (Å²) < 4.78 is 10.7. The lowest BCUT2D eigenvalue weighted by Crippen LogP contribution is -1.87. The summed E-state index contributed by atoms with van der Waals surface area (Å²) in [5.41, 5.74) is 0.952.